The number of nitrogens with zero attached hydrogens (tertiary/aromatic N) is 3. The van der Waals surface area contributed by atoms with Gasteiger partial charge in [-0.25, -0.2) is 4.98 Å². The van der Waals surface area contributed by atoms with Gasteiger partial charge in [0.05, 0.1) is 18.4 Å². The Morgan fingerprint density at radius 3 is 2.91 bits per heavy atom. The van der Waals surface area contributed by atoms with Gasteiger partial charge in [-0.2, -0.15) is 0 Å². The number of anilines is 1. The second-order valence-corrected chi connectivity index (χ2v) is 7.43. The van der Waals surface area contributed by atoms with E-state index in [9.17, 15) is 10.2 Å². The summed E-state index contributed by atoms with van der Waals surface area (Å²) >= 11 is 1.75. The zero-order valence-corrected chi connectivity index (χ0v) is 14.1. The third kappa shape index (κ3) is 3.62. The molecule has 1 aromatic heterocycles. The third-order valence-electron chi connectivity index (χ3n) is 4.96. The zero-order chi connectivity index (χ0) is 15.5. The van der Waals surface area contributed by atoms with Crippen molar-refractivity contribution in [2.75, 3.05) is 37.7 Å². The number of piperidine rings is 1. The summed E-state index contributed by atoms with van der Waals surface area (Å²) in [5, 5.41) is 22.7. The fraction of sp³-hybridized carbons (Fsp3) is 0.812. The molecule has 0 saturated carbocycles. The monoisotopic (exact) mass is 325 g/mol. The van der Waals surface area contributed by atoms with Crippen LogP contribution in [0, 0.1) is 5.92 Å². The standard InChI is InChI=1S/C16H27N3O2S/c1-2-13-11-22-16(17-13)18-6-5-12(7-18)8-19-9-15(21)4-3-14(19)10-20/h11-12,14-15,20-21H,2-10H2,1H3/t12-,14-,15-/m1/s1. The Kier molecular flexibility index (Phi) is 5.33. The molecule has 6 heteroatoms. The second-order valence-electron chi connectivity index (χ2n) is 6.60. The minimum absolute atomic E-state index is 0.204. The molecule has 0 spiro atoms. The van der Waals surface area contributed by atoms with E-state index >= 15 is 0 Å². The van der Waals surface area contributed by atoms with Crippen LogP contribution in [-0.2, 0) is 6.42 Å². The van der Waals surface area contributed by atoms with Crippen molar-refractivity contribution in [2.45, 2.75) is 44.8 Å². The number of rotatable bonds is 5. The summed E-state index contributed by atoms with van der Waals surface area (Å²) in [6, 6.07) is 0.226. The molecule has 2 N–H and O–H groups in total. The maximum atomic E-state index is 9.88. The molecule has 3 atom stereocenters. The first-order valence-corrected chi connectivity index (χ1v) is 9.29. The lowest BCUT2D eigenvalue weighted by Gasteiger charge is -2.38. The van der Waals surface area contributed by atoms with E-state index in [1.54, 1.807) is 11.3 Å². The quantitative estimate of drug-likeness (QED) is 0.856. The molecule has 3 heterocycles. The lowest BCUT2D eigenvalue weighted by atomic mass is 9.98. The fourth-order valence-electron chi connectivity index (χ4n) is 3.60. The molecule has 22 heavy (non-hydrogen) atoms. The number of hydrogen-bond acceptors (Lipinski definition) is 6. The summed E-state index contributed by atoms with van der Waals surface area (Å²) in [6.07, 6.45) is 3.66. The van der Waals surface area contributed by atoms with Gasteiger partial charge in [0.1, 0.15) is 0 Å². The molecule has 3 rings (SSSR count). The van der Waals surface area contributed by atoms with Gasteiger partial charge < -0.3 is 15.1 Å². The van der Waals surface area contributed by atoms with Crippen LogP contribution in [-0.4, -0.2) is 65.0 Å². The second kappa shape index (κ2) is 7.25. The number of likely N-dealkylation sites (tertiary alicyclic amines) is 1. The molecule has 0 amide bonds. The molecular formula is C16H27N3O2S. The van der Waals surface area contributed by atoms with Crippen molar-refractivity contribution in [3.05, 3.63) is 11.1 Å². The van der Waals surface area contributed by atoms with Gasteiger partial charge in [-0.15, -0.1) is 11.3 Å². The van der Waals surface area contributed by atoms with Gasteiger partial charge in [0.2, 0.25) is 0 Å². The molecule has 124 valence electrons. The van der Waals surface area contributed by atoms with Gasteiger partial charge in [-0.3, -0.25) is 4.90 Å². The number of β-amino-alcohol motifs (C(OH)–C–C–N with tert-alkyl or cyclic N) is 1. The van der Waals surface area contributed by atoms with E-state index < -0.39 is 0 Å². The van der Waals surface area contributed by atoms with Gasteiger partial charge in [0.15, 0.2) is 5.13 Å². The van der Waals surface area contributed by atoms with Gasteiger partial charge in [-0.1, -0.05) is 6.92 Å². The highest BCUT2D eigenvalue weighted by molar-refractivity contribution is 7.13. The molecule has 2 aliphatic heterocycles. The largest absolute Gasteiger partial charge is 0.395 e. The smallest absolute Gasteiger partial charge is 0.185 e. The first-order valence-electron chi connectivity index (χ1n) is 8.42. The SMILES string of the molecule is CCc1csc(N2CC[C@@H](CN3C[C@H](O)CC[C@@H]3CO)C2)n1. The van der Waals surface area contributed by atoms with Crippen LogP contribution in [0.1, 0.15) is 31.9 Å². The van der Waals surface area contributed by atoms with Crippen molar-refractivity contribution >= 4 is 16.5 Å². The molecule has 0 unspecified atom stereocenters. The van der Waals surface area contributed by atoms with Crippen molar-refractivity contribution in [2.24, 2.45) is 5.92 Å². The van der Waals surface area contributed by atoms with Crippen LogP contribution in [0.3, 0.4) is 0 Å². The van der Waals surface area contributed by atoms with Gasteiger partial charge in [0, 0.05) is 37.6 Å². The van der Waals surface area contributed by atoms with Crippen molar-refractivity contribution in [3.63, 3.8) is 0 Å². The predicted octanol–water partition coefficient (Wildman–Crippen LogP) is 1.35. The summed E-state index contributed by atoms with van der Waals surface area (Å²) < 4.78 is 0. The van der Waals surface area contributed by atoms with Crippen LogP contribution >= 0.6 is 11.3 Å². The molecule has 2 saturated heterocycles. The van der Waals surface area contributed by atoms with E-state index in [0.717, 1.165) is 44.0 Å². The van der Waals surface area contributed by atoms with Crippen LogP contribution in [0.4, 0.5) is 5.13 Å². The Labute approximate surface area is 136 Å². The Bertz CT molecular complexity index is 482. The van der Waals surface area contributed by atoms with Crippen LogP contribution in [0.25, 0.3) is 0 Å². The lowest BCUT2D eigenvalue weighted by molar-refractivity contribution is 0.00726. The first kappa shape index (κ1) is 16.2. The topological polar surface area (TPSA) is 59.8 Å². The van der Waals surface area contributed by atoms with Gasteiger partial charge in [0.25, 0.3) is 0 Å². The van der Waals surface area contributed by atoms with Gasteiger partial charge >= 0.3 is 0 Å². The molecule has 2 aliphatic rings. The van der Waals surface area contributed by atoms with Crippen molar-refractivity contribution in [3.8, 4) is 0 Å². The highest BCUT2D eigenvalue weighted by Crippen LogP contribution is 2.29. The summed E-state index contributed by atoms with van der Waals surface area (Å²) in [5.41, 5.74) is 1.18. The molecular weight excluding hydrogens is 298 g/mol. The number of aryl methyl sites for hydroxylation is 1. The van der Waals surface area contributed by atoms with Gasteiger partial charge in [-0.05, 0) is 31.6 Å². The van der Waals surface area contributed by atoms with Crippen molar-refractivity contribution < 1.29 is 10.2 Å². The van der Waals surface area contributed by atoms with E-state index in [4.69, 9.17) is 0 Å². The molecule has 0 bridgehead atoms. The van der Waals surface area contributed by atoms with Crippen molar-refractivity contribution in [1.29, 1.82) is 0 Å². The average Bonchev–Trinajstić information content (AvgIpc) is 3.16. The lowest BCUT2D eigenvalue weighted by Crippen LogP contribution is -2.49. The van der Waals surface area contributed by atoms with E-state index in [1.807, 2.05) is 0 Å². The maximum Gasteiger partial charge on any atom is 0.185 e. The normalized spacial score (nSPS) is 30.1. The number of aromatic nitrogens is 1. The molecule has 0 aromatic carbocycles. The Morgan fingerprint density at radius 2 is 2.18 bits per heavy atom. The van der Waals surface area contributed by atoms with Crippen LogP contribution in [0.2, 0.25) is 0 Å². The molecule has 5 nitrogen and oxygen atoms in total. The molecule has 0 radical (unpaired) electrons. The molecule has 2 fully saturated rings. The Hall–Kier alpha value is -0.690. The number of thiazole rings is 1. The summed E-state index contributed by atoms with van der Waals surface area (Å²) in [6.45, 7) is 6.14. The zero-order valence-electron chi connectivity index (χ0n) is 13.3. The highest BCUT2D eigenvalue weighted by Gasteiger charge is 2.31. The van der Waals surface area contributed by atoms with Crippen molar-refractivity contribution in [1.82, 2.24) is 9.88 Å². The minimum Gasteiger partial charge on any atom is -0.395 e. The van der Waals surface area contributed by atoms with E-state index in [2.05, 4.69) is 27.1 Å². The average molecular weight is 325 g/mol. The van der Waals surface area contributed by atoms with Crippen LogP contribution in [0.5, 0.6) is 0 Å². The molecule has 0 aliphatic carbocycles. The molecule has 1 aromatic rings. The minimum atomic E-state index is -0.230. The first-order chi connectivity index (χ1) is 10.7. The third-order valence-corrected chi connectivity index (χ3v) is 5.91. The number of hydrogen-bond donors (Lipinski definition) is 2. The van der Waals surface area contributed by atoms with E-state index in [1.165, 1.54) is 12.1 Å². The van der Waals surface area contributed by atoms with E-state index in [-0.39, 0.29) is 18.8 Å². The number of aliphatic hydroxyl groups excluding tert-OH is 2. The van der Waals surface area contributed by atoms with Crippen LogP contribution < -0.4 is 4.90 Å². The maximum absolute atomic E-state index is 9.88. The number of aliphatic hydroxyl groups is 2. The predicted molar refractivity (Wildman–Crippen MR) is 89.5 cm³/mol. The van der Waals surface area contributed by atoms with E-state index in [0.29, 0.717) is 12.5 Å². The highest BCUT2D eigenvalue weighted by atomic mass is 32.1. The fourth-order valence-corrected chi connectivity index (χ4v) is 4.55. The summed E-state index contributed by atoms with van der Waals surface area (Å²) in [5.74, 6) is 0.605. The Balaban J connectivity index is 1.55. The summed E-state index contributed by atoms with van der Waals surface area (Å²) in [7, 11) is 0. The summed E-state index contributed by atoms with van der Waals surface area (Å²) in [4.78, 5) is 9.37. The Morgan fingerprint density at radius 1 is 1.32 bits per heavy atom. The van der Waals surface area contributed by atoms with Crippen LogP contribution in [0.15, 0.2) is 5.38 Å².